The van der Waals surface area contributed by atoms with E-state index >= 15 is 0 Å². The Hall–Kier alpha value is -0.830. The van der Waals surface area contributed by atoms with Gasteiger partial charge in [0.05, 0.1) is 6.10 Å². The van der Waals surface area contributed by atoms with Crippen molar-refractivity contribution in [2.24, 2.45) is 0 Å². The Kier molecular flexibility index (Phi) is 4.82. The summed E-state index contributed by atoms with van der Waals surface area (Å²) in [6, 6.07) is 7.96. The fraction of sp³-hybridized carbons (Fsp3) is 0.417. The van der Waals surface area contributed by atoms with E-state index in [4.69, 9.17) is 4.74 Å². The third kappa shape index (κ3) is 4.98. The number of halogens is 1. The Morgan fingerprint density at radius 1 is 1.47 bits per heavy atom. The molecule has 1 aromatic carbocycles. The van der Waals surface area contributed by atoms with Gasteiger partial charge in [0.25, 0.3) is 0 Å². The van der Waals surface area contributed by atoms with Gasteiger partial charge in [-0.15, -0.1) is 0 Å². The van der Waals surface area contributed by atoms with Gasteiger partial charge in [-0.2, -0.15) is 0 Å². The first-order chi connectivity index (χ1) is 7.08. The van der Waals surface area contributed by atoms with Gasteiger partial charge >= 0.3 is 5.97 Å². The van der Waals surface area contributed by atoms with Crippen molar-refractivity contribution in [3.8, 4) is 0 Å². The molecule has 0 radical (unpaired) electrons. The molecule has 0 heterocycles. The Labute approximate surface area is 98.8 Å². The predicted octanol–water partition coefficient (Wildman–Crippen LogP) is 3.33. The number of carbonyl (C=O) groups is 1. The van der Waals surface area contributed by atoms with Crippen molar-refractivity contribution in [1.82, 2.24) is 0 Å². The van der Waals surface area contributed by atoms with Gasteiger partial charge in [-0.05, 0) is 38.0 Å². The lowest BCUT2D eigenvalue weighted by atomic mass is 10.1. The molecule has 0 amide bonds. The monoisotopic (exact) mass is 270 g/mol. The van der Waals surface area contributed by atoms with Crippen LogP contribution in [0.25, 0.3) is 0 Å². The van der Waals surface area contributed by atoms with Gasteiger partial charge in [-0.25, -0.2) is 0 Å². The molecule has 0 fully saturated rings. The summed E-state index contributed by atoms with van der Waals surface area (Å²) in [7, 11) is 0. The number of esters is 1. The number of benzene rings is 1. The quantitative estimate of drug-likeness (QED) is 0.785. The minimum atomic E-state index is -0.134. The van der Waals surface area contributed by atoms with Crippen molar-refractivity contribution >= 4 is 21.9 Å². The summed E-state index contributed by atoms with van der Waals surface area (Å²) in [4.78, 5) is 11.3. The first-order valence-electron chi connectivity index (χ1n) is 5.02. The maximum atomic E-state index is 11.3. The lowest BCUT2D eigenvalue weighted by Gasteiger charge is -2.07. The maximum absolute atomic E-state index is 11.3. The highest BCUT2D eigenvalue weighted by molar-refractivity contribution is 9.10. The van der Waals surface area contributed by atoms with Crippen LogP contribution in [0.2, 0.25) is 0 Å². The van der Waals surface area contributed by atoms with E-state index in [2.05, 4.69) is 15.9 Å². The average Bonchev–Trinajstić information content (AvgIpc) is 2.14. The zero-order valence-corrected chi connectivity index (χ0v) is 10.6. The van der Waals surface area contributed by atoms with Crippen molar-refractivity contribution in [3.63, 3.8) is 0 Å². The van der Waals surface area contributed by atoms with Crippen LogP contribution < -0.4 is 0 Å². The van der Waals surface area contributed by atoms with Crippen LogP contribution in [0.3, 0.4) is 0 Å². The van der Waals surface area contributed by atoms with Crippen LogP contribution in [0, 0.1) is 0 Å². The summed E-state index contributed by atoms with van der Waals surface area (Å²) >= 11 is 3.39. The van der Waals surface area contributed by atoms with Crippen molar-refractivity contribution in [2.45, 2.75) is 32.8 Å². The molecule has 0 N–H and O–H groups in total. The molecular formula is C12H15BrO2. The highest BCUT2D eigenvalue weighted by atomic mass is 79.9. The molecule has 0 aliphatic carbocycles. The molecule has 1 aromatic rings. The highest BCUT2D eigenvalue weighted by Crippen LogP contribution is 2.13. The number of hydrogen-bond donors (Lipinski definition) is 0. The van der Waals surface area contributed by atoms with Gasteiger partial charge < -0.3 is 4.74 Å². The Bertz CT molecular complexity index is 334. The van der Waals surface area contributed by atoms with Gasteiger partial charge in [0.1, 0.15) is 0 Å². The molecule has 2 nitrogen and oxygen atoms in total. The lowest BCUT2D eigenvalue weighted by Crippen LogP contribution is -2.11. The van der Waals surface area contributed by atoms with E-state index in [1.54, 1.807) is 0 Å². The number of hydrogen-bond acceptors (Lipinski definition) is 2. The van der Waals surface area contributed by atoms with Crippen molar-refractivity contribution < 1.29 is 9.53 Å². The van der Waals surface area contributed by atoms with Gasteiger partial charge in [0.15, 0.2) is 0 Å². The van der Waals surface area contributed by atoms with Crippen LogP contribution in [0.1, 0.15) is 25.8 Å². The molecule has 15 heavy (non-hydrogen) atoms. The molecule has 0 aromatic heterocycles. The van der Waals surface area contributed by atoms with Crippen LogP contribution >= 0.6 is 15.9 Å². The summed E-state index contributed by atoms with van der Waals surface area (Å²) in [6.45, 7) is 3.72. The minimum absolute atomic E-state index is 0.0278. The fourth-order valence-electron chi connectivity index (χ4n) is 1.26. The summed E-state index contributed by atoms with van der Waals surface area (Å²) in [5.74, 6) is -0.134. The molecular weight excluding hydrogens is 256 g/mol. The van der Waals surface area contributed by atoms with E-state index in [0.717, 1.165) is 16.5 Å². The summed E-state index contributed by atoms with van der Waals surface area (Å²) < 4.78 is 6.09. The molecule has 0 unspecified atom stereocenters. The molecule has 0 saturated carbocycles. The first kappa shape index (κ1) is 12.2. The SMILES string of the molecule is CC(C)OC(=O)CCc1cccc(Br)c1. The van der Waals surface area contributed by atoms with Crippen LogP contribution in [-0.2, 0) is 16.0 Å². The Morgan fingerprint density at radius 3 is 2.80 bits per heavy atom. The van der Waals surface area contributed by atoms with Gasteiger partial charge in [-0.1, -0.05) is 28.1 Å². The normalized spacial score (nSPS) is 10.4. The van der Waals surface area contributed by atoms with Crippen LogP contribution in [-0.4, -0.2) is 12.1 Å². The number of carbonyl (C=O) groups excluding carboxylic acids is 1. The number of aryl methyl sites for hydroxylation is 1. The van der Waals surface area contributed by atoms with E-state index < -0.39 is 0 Å². The van der Waals surface area contributed by atoms with Gasteiger partial charge in [0.2, 0.25) is 0 Å². The zero-order valence-electron chi connectivity index (χ0n) is 9.00. The van der Waals surface area contributed by atoms with Gasteiger partial charge in [-0.3, -0.25) is 4.79 Å². The van der Waals surface area contributed by atoms with Crippen molar-refractivity contribution in [3.05, 3.63) is 34.3 Å². The van der Waals surface area contributed by atoms with Gasteiger partial charge in [0, 0.05) is 10.9 Å². The second kappa shape index (κ2) is 5.91. The third-order valence-electron chi connectivity index (χ3n) is 1.87. The summed E-state index contributed by atoms with van der Waals surface area (Å²) in [6.07, 6.45) is 1.14. The topological polar surface area (TPSA) is 26.3 Å². The highest BCUT2D eigenvalue weighted by Gasteiger charge is 2.05. The summed E-state index contributed by atoms with van der Waals surface area (Å²) in [5.41, 5.74) is 1.14. The minimum Gasteiger partial charge on any atom is -0.463 e. The molecule has 0 saturated heterocycles. The van der Waals surface area contributed by atoms with Crippen LogP contribution in [0.4, 0.5) is 0 Å². The Morgan fingerprint density at radius 2 is 2.20 bits per heavy atom. The molecule has 0 bridgehead atoms. The fourth-order valence-corrected chi connectivity index (χ4v) is 1.71. The molecule has 0 spiro atoms. The predicted molar refractivity (Wildman–Crippen MR) is 63.7 cm³/mol. The molecule has 0 atom stereocenters. The molecule has 0 aliphatic rings. The zero-order chi connectivity index (χ0) is 11.3. The second-order valence-corrected chi connectivity index (χ2v) is 4.58. The number of rotatable bonds is 4. The smallest absolute Gasteiger partial charge is 0.306 e. The Balaban J connectivity index is 2.40. The molecule has 0 aliphatic heterocycles. The van der Waals surface area contributed by atoms with E-state index in [-0.39, 0.29) is 12.1 Å². The van der Waals surface area contributed by atoms with Crippen molar-refractivity contribution in [1.29, 1.82) is 0 Å². The van der Waals surface area contributed by atoms with E-state index in [9.17, 15) is 4.79 Å². The third-order valence-corrected chi connectivity index (χ3v) is 2.37. The first-order valence-corrected chi connectivity index (χ1v) is 5.81. The number of ether oxygens (including phenoxy) is 1. The standard InChI is InChI=1S/C12H15BrO2/c1-9(2)15-12(14)7-6-10-4-3-5-11(13)8-10/h3-5,8-9H,6-7H2,1-2H3. The molecule has 1 rings (SSSR count). The molecule has 82 valence electrons. The second-order valence-electron chi connectivity index (χ2n) is 3.67. The average molecular weight is 271 g/mol. The van der Waals surface area contributed by atoms with E-state index in [1.165, 1.54) is 0 Å². The van der Waals surface area contributed by atoms with Crippen LogP contribution in [0.5, 0.6) is 0 Å². The lowest BCUT2D eigenvalue weighted by molar-refractivity contribution is -0.147. The van der Waals surface area contributed by atoms with E-state index in [0.29, 0.717) is 6.42 Å². The summed E-state index contributed by atoms with van der Waals surface area (Å²) in [5, 5.41) is 0. The van der Waals surface area contributed by atoms with Crippen LogP contribution in [0.15, 0.2) is 28.7 Å². The maximum Gasteiger partial charge on any atom is 0.306 e. The molecule has 3 heteroatoms. The largest absolute Gasteiger partial charge is 0.463 e. The van der Waals surface area contributed by atoms with E-state index in [1.807, 2.05) is 38.1 Å². The van der Waals surface area contributed by atoms with Crippen molar-refractivity contribution in [2.75, 3.05) is 0 Å².